The minimum Gasteiger partial charge on any atom is -0.399 e. The molecule has 3 rings (SSSR count). The van der Waals surface area contributed by atoms with E-state index in [-0.39, 0.29) is 0 Å². The quantitative estimate of drug-likeness (QED) is 0.737. The summed E-state index contributed by atoms with van der Waals surface area (Å²) >= 11 is 0. The predicted molar refractivity (Wildman–Crippen MR) is 59.4 cm³/mol. The second-order valence-corrected chi connectivity index (χ2v) is 4.52. The van der Waals surface area contributed by atoms with Gasteiger partial charge in [-0.15, -0.1) is 0 Å². The zero-order valence-electron chi connectivity index (χ0n) is 8.73. The zero-order valence-corrected chi connectivity index (χ0v) is 8.73. The molecule has 2 N–H and O–H groups in total. The fourth-order valence-electron chi connectivity index (χ4n) is 2.60. The Hall–Kier alpha value is -1.06. The molecule has 1 aromatic carbocycles. The van der Waals surface area contributed by atoms with Crippen LogP contribution in [0.4, 0.5) is 5.69 Å². The molecule has 2 atom stereocenters. The summed E-state index contributed by atoms with van der Waals surface area (Å²) in [6, 6.07) is 8.80. The molecule has 3 heteroatoms. The van der Waals surface area contributed by atoms with E-state index in [0.29, 0.717) is 12.1 Å². The summed E-state index contributed by atoms with van der Waals surface area (Å²) in [7, 11) is 0. The number of hydrogen-bond donors (Lipinski definition) is 1. The number of nitrogens with zero attached hydrogens (tertiary/aromatic N) is 1. The molecule has 2 heterocycles. The van der Waals surface area contributed by atoms with Crippen molar-refractivity contribution in [3.05, 3.63) is 29.8 Å². The van der Waals surface area contributed by atoms with Crippen molar-refractivity contribution in [1.82, 2.24) is 4.90 Å². The lowest BCUT2D eigenvalue weighted by Gasteiger charge is -2.26. The van der Waals surface area contributed by atoms with Gasteiger partial charge in [0, 0.05) is 24.8 Å². The van der Waals surface area contributed by atoms with Crippen molar-refractivity contribution < 1.29 is 4.74 Å². The molecule has 0 saturated carbocycles. The van der Waals surface area contributed by atoms with Gasteiger partial charge in [0.15, 0.2) is 0 Å². The molecular formula is C12H16N2O. The maximum Gasteiger partial charge on any atom is 0.0718 e. The van der Waals surface area contributed by atoms with Gasteiger partial charge in [-0.3, -0.25) is 4.90 Å². The first-order chi connectivity index (χ1) is 7.31. The normalized spacial score (nSPS) is 29.9. The predicted octanol–water partition coefficient (Wildman–Crippen LogP) is 1.24. The first kappa shape index (κ1) is 9.19. The van der Waals surface area contributed by atoms with Crippen molar-refractivity contribution in [3.8, 4) is 0 Å². The van der Waals surface area contributed by atoms with E-state index in [2.05, 4.69) is 17.0 Å². The van der Waals surface area contributed by atoms with Crippen LogP contribution in [0.2, 0.25) is 0 Å². The minimum absolute atomic E-state index is 0.482. The summed E-state index contributed by atoms with van der Waals surface area (Å²) in [4.78, 5) is 2.50. The van der Waals surface area contributed by atoms with Crippen LogP contribution in [0.1, 0.15) is 12.0 Å². The molecule has 0 aromatic heterocycles. The molecule has 2 aliphatic heterocycles. The Morgan fingerprint density at radius 1 is 1.47 bits per heavy atom. The van der Waals surface area contributed by atoms with E-state index in [1.54, 1.807) is 0 Å². The molecule has 2 aliphatic rings. The summed E-state index contributed by atoms with van der Waals surface area (Å²) in [6.07, 6.45) is 1.69. The van der Waals surface area contributed by atoms with E-state index in [0.717, 1.165) is 25.4 Å². The fraction of sp³-hybridized carbons (Fsp3) is 0.500. The lowest BCUT2D eigenvalue weighted by Crippen LogP contribution is -2.36. The molecule has 1 aromatic rings. The van der Waals surface area contributed by atoms with Crippen LogP contribution in [0.5, 0.6) is 0 Å². The first-order valence-electron chi connectivity index (χ1n) is 5.51. The number of rotatable bonds is 2. The number of nitrogen functional groups attached to an aromatic ring is 1. The molecule has 15 heavy (non-hydrogen) atoms. The number of fused-ring (bicyclic) bond motifs is 2. The van der Waals surface area contributed by atoms with Crippen LogP contribution in [0.25, 0.3) is 0 Å². The highest BCUT2D eigenvalue weighted by atomic mass is 16.5. The van der Waals surface area contributed by atoms with E-state index in [1.807, 2.05) is 12.1 Å². The van der Waals surface area contributed by atoms with Crippen LogP contribution >= 0.6 is 0 Å². The maximum absolute atomic E-state index is 5.77. The monoisotopic (exact) mass is 204 g/mol. The summed E-state index contributed by atoms with van der Waals surface area (Å²) in [5.41, 5.74) is 7.93. The van der Waals surface area contributed by atoms with Gasteiger partial charge in [-0.1, -0.05) is 12.1 Å². The molecule has 3 nitrogen and oxygen atoms in total. The molecule has 2 saturated heterocycles. The third-order valence-corrected chi connectivity index (χ3v) is 3.35. The largest absolute Gasteiger partial charge is 0.399 e. The Kier molecular flexibility index (Phi) is 2.15. The van der Waals surface area contributed by atoms with Crippen molar-refractivity contribution in [2.24, 2.45) is 0 Å². The van der Waals surface area contributed by atoms with Crippen LogP contribution in [0, 0.1) is 0 Å². The number of morpholine rings is 1. The lowest BCUT2D eigenvalue weighted by molar-refractivity contribution is 0.0273. The van der Waals surface area contributed by atoms with Gasteiger partial charge in [-0.2, -0.15) is 0 Å². The minimum atomic E-state index is 0.482. The first-order valence-corrected chi connectivity index (χ1v) is 5.51. The molecule has 0 amide bonds. The van der Waals surface area contributed by atoms with Gasteiger partial charge in [0.05, 0.1) is 12.7 Å². The van der Waals surface area contributed by atoms with Crippen molar-refractivity contribution in [1.29, 1.82) is 0 Å². The van der Waals surface area contributed by atoms with Gasteiger partial charge >= 0.3 is 0 Å². The Labute approximate surface area is 89.8 Å². The highest BCUT2D eigenvalue weighted by Crippen LogP contribution is 2.29. The van der Waals surface area contributed by atoms with Crippen LogP contribution < -0.4 is 5.73 Å². The van der Waals surface area contributed by atoms with Gasteiger partial charge in [0.25, 0.3) is 0 Å². The molecule has 2 bridgehead atoms. The van der Waals surface area contributed by atoms with Crippen LogP contribution in [0.3, 0.4) is 0 Å². The molecule has 80 valence electrons. The Morgan fingerprint density at radius 3 is 3.07 bits per heavy atom. The maximum atomic E-state index is 5.77. The van der Waals surface area contributed by atoms with E-state index in [1.165, 1.54) is 12.0 Å². The highest BCUT2D eigenvalue weighted by molar-refractivity contribution is 5.40. The topological polar surface area (TPSA) is 38.5 Å². The molecule has 0 radical (unpaired) electrons. The van der Waals surface area contributed by atoms with E-state index in [9.17, 15) is 0 Å². The van der Waals surface area contributed by atoms with E-state index >= 15 is 0 Å². The van der Waals surface area contributed by atoms with Crippen LogP contribution in [-0.4, -0.2) is 30.2 Å². The number of likely N-dealkylation sites (tertiary alicyclic amines) is 1. The fourth-order valence-corrected chi connectivity index (χ4v) is 2.60. The lowest BCUT2D eigenvalue weighted by atomic mass is 10.2. The summed E-state index contributed by atoms with van der Waals surface area (Å²) in [5, 5.41) is 0. The Bertz CT molecular complexity index is 366. The summed E-state index contributed by atoms with van der Waals surface area (Å²) < 4.78 is 5.58. The number of ether oxygens (including phenoxy) is 1. The number of anilines is 1. The number of hydrogen-bond acceptors (Lipinski definition) is 3. The third-order valence-electron chi connectivity index (χ3n) is 3.35. The number of nitrogens with two attached hydrogens (primary N) is 1. The highest BCUT2D eigenvalue weighted by Gasteiger charge is 2.38. The molecule has 0 aliphatic carbocycles. The van der Waals surface area contributed by atoms with Gasteiger partial charge in [-0.25, -0.2) is 0 Å². The van der Waals surface area contributed by atoms with Gasteiger partial charge in [0.1, 0.15) is 0 Å². The van der Waals surface area contributed by atoms with Crippen molar-refractivity contribution >= 4 is 5.69 Å². The Balaban J connectivity index is 1.71. The molecule has 2 unspecified atom stereocenters. The van der Waals surface area contributed by atoms with Crippen LogP contribution in [-0.2, 0) is 11.3 Å². The average Bonchev–Trinajstić information content (AvgIpc) is 2.79. The van der Waals surface area contributed by atoms with Crippen molar-refractivity contribution in [3.63, 3.8) is 0 Å². The standard InChI is InChI=1S/C12H16N2O/c13-10-3-1-2-9(4-10)6-14-7-12-5-11(14)8-15-12/h1-4,11-12H,5-8,13H2. The average molecular weight is 204 g/mol. The number of benzene rings is 1. The van der Waals surface area contributed by atoms with Crippen LogP contribution in [0.15, 0.2) is 24.3 Å². The molecular weight excluding hydrogens is 188 g/mol. The second-order valence-electron chi connectivity index (χ2n) is 4.52. The summed E-state index contributed by atoms with van der Waals surface area (Å²) in [6.45, 7) is 3.00. The van der Waals surface area contributed by atoms with Gasteiger partial charge in [-0.05, 0) is 24.1 Å². The zero-order chi connectivity index (χ0) is 10.3. The van der Waals surface area contributed by atoms with E-state index < -0.39 is 0 Å². The SMILES string of the molecule is Nc1cccc(CN2CC3CC2CO3)c1. The van der Waals surface area contributed by atoms with Gasteiger partial charge < -0.3 is 10.5 Å². The van der Waals surface area contributed by atoms with Crippen molar-refractivity contribution in [2.45, 2.75) is 25.1 Å². The summed E-state index contributed by atoms with van der Waals surface area (Å²) in [5.74, 6) is 0. The molecule has 0 spiro atoms. The smallest absolute Gasteiger partial charge is 0.0718 e. The third kappa shape index (κ3) is 1.73. The van der Waals surface area contributed by atoms with Gasteiger partial charge in [0.2, 0.25) is 0 Å². The second kappa shape index (κ2) is 3.51. The Morgan fingerprint density at radius 2 is 2.40 bits per heavy atom. The van der Waals surface area contributed by atoms with Crippen molar-refractivity contribution in [2.75, 3.05) is 18.9 Å². The van der Waals surface area contributed by atoms with E-state index in [4.69, 9.17) is 10.5 Å². The molecule has 2 fully saturated rings.